The zero-order valence-corrected chi connectivity index (χ0v) is 19.3. The summed E-state index contributed by atoms with van der Waals surface area (Å²) in [5.41, 5.74) is 8.05. The summed E-state index contributed by atoms with van der Waals surface area (Å²) in [6, 6.07) is 8.67. The SMILES string of the molecule is CC(=O)N[C@H]1CC[C@H](Oc2nc(-c3cccc(C#N)c3)nc(N)c2C(=O)NOCC(C)(C)O)C1. The van der Waals surface area contributed by atoms with Crippen molar-refractivity contribution >= 4 is 17.6 Å². The second-order valence-electron chi connectivity index (χ2n) is 8.79. The highest BCUT2D eigenvalue weighted by Gasteiger charge is 2.30. The van der Waals surface area contributed by atoms with E-state index in [-0.39, 0.29) is 47.7 Å². The van der Waals surface area contributed by atoms with E-state index in [1.807, 2.05) is 0 Å². The number of aromatic nitrogens is 2. The van der Waals surface area contributed by atoms with Crippen molar-refractivity contribution in [2.45, 2.75) is 57.8 Å². The number of hydrogen-bond acceptors (Lipinski definition) is 9. The highest BCUT2D eigenvalue weighted by molar-refractivity contribution is 6.00. The van der Waals surface area contributed by atoms with Gasteiger partial charge >= 0.3 is 0 Å². The lowest BCUT2D eigenvalue weighted by atomic mass is 10.1. The van der Waals surface area contributed by atoms with Crippen LogP contribution < -0.4 is 21.3 Å². The molecule has 1 aromatic carbocycles. The average molecular weight is 469 g/mol. The summed E-state index contributed by atoms with van der Waals surface area (Å²) in [6.45, 7) is 4.36. The van der Waals surface area contributed by atoms with E-state index in [1.54, 1.807) is 24.3 Å². The largest absolute Gasteiger partial charge is 0.474 e. The number of carbonyl (C=O) groups excluding carboxylic acids is 2. The minimum atomic E-state index is -1.16. The van der Waals surface area contributed by atoms with E-state index in [9.17, 15) is 20.0 Å². The maximum atomic E-state index is 12.8. The van der Waals surface area contributed by atoms with E-state index >= 15 is 0 Å². The first kappa shape index (κ1) is 24.9. The van der Waals surface area contributed by atoms with E-state index in [2.05, 4.69) is 26.8 Å². The summed E-state index contributed by atoms with van der Waals surface area (Å²) in [6.07, 6.45) is 1.59. The number of nitrogens with one attached hydrogen (secondary N) is 2. The quantitative estimate of drug-likeness (QED) is 0.418. The Hall–Kier alpha value is -3.75. The fraction of sp³-hybridized carbons (Fsp3) is 0.435. The number of carbonyl (C=O) groups is 2. The molecule has 0 bridgehead atoms. The van der Waals surface area contributed by atoms with Gasteiger partial charge in [0.15, 0.2) is 5.82 Å². The number of hydrogen-bond donors (Lipinski definition) is 4. The number of ether oxygens (including phenoxy) is 1. The number of aliphatic hydroxyl groups is 1. The highest BCUT2D eigenvalue weighted by Crippen LogP contribution is 2.30. The summed E-state index contributed by atoms with van der Waals surface area (Å²) in [4.78, 5) is 38.0. The molecule has 0 aliphatic heterocycles. The van der Waals surface area contributed by atoms with Crippen LogP contribution in [0.4, 0.5) is 5.82 Å². The third-order valence-electron chi connectivity index (χ3n) is 5.04. The van der Waals surface area contributed by atoms with Crippen molar-refractivity contribution in [3.05, 3.63) is 35.4 Å². The van der Waals surface area contributed by atoms with E-state index in [4.69, 9.17) is 15.3 Å². The van der Waals surface area contributed by atoms with Crippen molar-refractivity contribution in [1.29, 1.82) is 5.26 Å². The van der Waals surface area contributed by atoms with Gasteiger partial charge in [0.05, 0.1) is 17.2 Å². The van der Waals surface area contributed by atoms with Gasteiger partial charge in [-0.25, -0.2) is 10.5 Å². The monoisotopic (exact) mass is 468 g/mol. The molecule has 11 heteroatoms. The number of anilines is 1. The molecule has 2 amide bonds. The van der Waals surface area contributed by atoms with Gasteiger partial charge in [-0.05, 0) is 38.8 Å². The Morgan fingerprint density at radius 3 is 2.76 bits per heavy atom. The van der Waals surface area contributed by atoms with Crippen LogP contribution in [0.25, 0.3) is 11.4 Å². The molecule has 11 nitrogen and oxygen atoms in total. The molecule has 0 saturated heterocycles. The maximum Gasteiger partial charge on any atom is 0.284 e. The molecule has 1 aromatic heterocycles. The van der Waals surface area contributed by atoms with Crippen LogP contribution >= 0.6 is 0 Å². The average Bonchev–Trinajstić information content (AvgIpc) is 3.18. The normalized spacial score (nSPS) is 17.6. The van der Waals surface area contributed by atoms with Gasteiger partial charge in [-0.1, -0.05) is 12.1 Å². The number of rotatable bonds is 8. The standard InChI is InChI=1S/C23H28N6O5/c1-13(30)26-16-7-8-17(10-16)34-22-18(21(31)29-33-12-23(2,3)32)19(25)27-20(28-22)15-6-4-5-14(9-15)11-24/h4-6,9,16-17,32H,7-8,10,12H2,1-3H3,(H,26,30)(H,29,31)(H2,25,27,28)/t16-,17-/m0/s1. The van der Waals surface area contributed by atoms with Gasteiger partial charge in [-0.15, -0.1) is 0 Å². The summed E-state index contributed by atoms with van der Waals surface area (Å²) < 4.78 is 6.07. The highest BCUT2D eigenvalue weighted by atomic mass is 16.7. The van der Waals surface area contributed by atoms with Crippen LogP contribution in [0.5, 0.6) is 5.88 Å². The molecule has 0 spiro atoms. The molecule has 1 aliphatic rings. The minimum Gasteiger partial charge on any atom is -0.474 e. The van der Waals surface area contributed by atoms with Crippen LogP contribution in [0.3, 0.4) is 0 Å². The Bertz CT molecular complexity index is 1110. The van der Waals surface area contributed by atoms with Crippen LogP contribution in [0.15, 0.2) is 24.3 Å². The fourth-order valence-electron chi connectivity index (χ4n) is 3.57. The van der Waals surface area contributed by atoms with Crippen LogP contribution in [-0.2, 0) is 9.63 Å². The molecule has 3 rings (SSSR count). The van der Waals surface area contributed by atoms with Crippen molar-refractivity contribution in [1.82, 2.24) is 20.8 Å². The van der Waals surface area contributed by atoms with E-state index in [0.717, 1.165) is 6.42 Å². The van der Waals surface area contributed by atoms with Gasteiger partial charge in [-0.2, -0.15) is 10.2 Å². The van der Waals surface area contributed by atoms with Gasteiger partial charge in [0, 0.05) is 24.9 Å². The molecule has 34 heavy (non-hydrogen) atoms. The van der Waals surface area contributed by atoms with Crippen LogP contribution in [0.2, 0.25) is 0 Å². The topological polar surface area (TPSA) is 172 Å². The van der Waals surface area contributed by atoms with Gasteiger partial charge in [0.25, 0.3) is 5.91 Å². The van der Waals surface area contributed by atoms with E-state index in [0.29, 0.717) is 24.0 Å². The van der Waals surface area contributed by atoms with Crippen molar-refractivity contribution in [2.24, 2.45) is 0 Å². The number of nitrogen functional groups attached to an aromatic ring is 1. The van der Waals surface area contributed by atoms with Gasteiger partial charge < -0.3 is 20.9 Å². The fourth-order valence-corrected chi connectivity index (χ4v) is 3.57. The summed E-state index contributed by atoms with van der Waals surface area (Å²) in [5, 5.41) is 21.9. The van der Waals surface area contributed by atoms with Gasteiger partial charge in [0.1, 0.15) is 24.1 Å². The molecule has 2 atom stereocenters. The van der Waals surface area contributed by atoms with Gasteiger partial charge in [-0.3, -0.25) is 14.4 Å². The number of nitrogens with zero attached hydrogens (tertiary/aromatic N) is 3. The predicted molar refractivity (Wildman–Crippen MR) is 122 cm³/mol. The summed E-state index contributed by atoms with van der Waals surface area (Å²) in [5.74, 6) is -0.841. The molecule has 180 valence electrons. The third kappa shape index (κ3) is 6.63. The Balaban J connectivity index is 1.91. The Kier molecular flexibility index (Phi) is 7.65. The smallest absolute Gasteiger partial charge is 0.284 e. The number of hydroxylamine groups is 1. The second kappa shape index (κ2) is 10.5. The van der Waals surface area contributed by atoms with E-state index < -0.39 is 11.5 Å². The number of nitriles is 1. The Morgan fingerprint density at radius 1 is 1.32 bits per heavy atom. The lowest BCUT2D eigenvalue weighted by Gasteiger charge is -2.19. The lowest BCUT2D eigenvalue weighted by Crippen LogP contribution is -2.34. The van der Waals surface area contributed by atoms with Crippen molar-refractivity contribution < 1.29 is 24.3 Å². The molecular formula is C23H28N6O5. The molecule has 1 aliphatic carbocycles. The Morgan fingerprint density at radius 2 is 2.09 bits per heavy atom. The molecule has 1 heterocycles. The molecule has 2 aromatic rings. The van der Waals surface area contributed by atoms with Crippen LogP contribution in [-0.4, -0.2) is 51.2 Å². The van der Waals surface area contributed by atoms with Crippen molar-refractivity contribution in [3.63, 3.8) is 0 Å². The number of amides is 2. The maximum absolute atomic E-state index is 12.8. The Labute approximate surface area is 197 Å². The van der Waals surface area contributed by atoms with Crippen molar-refractivity contribution in [2.75, 3.05) is 12.3 Å². The predicted octanol–water partition coefficient (Wildman–Crippen LogP) is 1.47. The first-order valence-electron chi connectivity index (χ1n) is 10.8. The molecule has 5 N–H and O–H groups in total. The van der Waals surface area contributed by atoms with E-state index in [1.165, 1.54) is 20.8 Å². The number of nitrogens with two attached hydrogens (primary N) is 1. The molecule has 1 saturated carbocycles. The molecule has 0 radical (unpaired) electrons. The molecule has 1 fully saturated rings. The minimum absolute atomic E-state index is 0.0392. The number of benzene rings is 1. The molecular weight excluding hydrogens is 440 g/mol. The second-order valence-corrected chi connectivity index (χ2v) is 8.79. The van der Waals surface area contributed by atoms with Crippen LogP contribution in [0.1, 0.15) is 56.0 Å². The molecule has 0 unspecified atom stereocenters. The zero-order chi connectivity index (χ0) is 24.9. The summed E-state index contributed by atoms with van der Waals surface area (Å²) in [7, 11) is 0. The third-order valence-corrected chi connectivity index (χ3v) is 5.04. The first-order valence-corrected chi connectivity index (χ1v) is 10.8. The van der Waals surface area contributed by atoms with Crippen molar-refractivity contribution in [3.8, 4) is 23.3 Å². The van der Waals surface area contributed by atoms with Gasteiger partial charge in [0.2, 0.25) is 11.8 Å². The van der Waals surface area contributed by atoms with Crippen LogP contribution in [0, 0.1) is 11.3 Å². The summed E-state index contributed by atoms with van der Waals surface area (Å²) >= 11 is 0. The zero-order valence-electron chi connectivity index (χ0n) is 19.3. The first-order chi connectivity index (χ1) is 16.1. The lowest BCUT2D eigenvalue weighted by molar-refractivity contribution is -0.119.